The minimum atomic E-state index is -5.06. The van der Waals surface area contributed by atoms with Gasteiger partial charge in [0, 0.05) is 13.1 Å². The van der Waals surface area contributed by atoms with E-state index in [2.05, 4.69) is 10.3 Å². The van der Waals surface area contributed by atoms with Gasteiger partial charge in [-0.05, 0) is 30.0 Å². The van der Waals surface area contributed by atoms with Crippen LogP contribution in [0.4, 0.5) is 5.82 Å². The maximum atomic E-state index is 13.5. The Morgan fingerprint density at radius 1 is 1.08 bits per heavy atom. The Labute approximate surface area is 219 Å². The molecule has 14 heteroatoms. The van der Waals surface area contributed by atoms with Crippen LogP contribution in [0.1, 0.15) is 49.8 Å². The Morgan fingerprint density at radius 3 is 2.11 bits per heavy atom. The first-order valence-corrected chi connectivity index (χ1v) is 13.3. The van der Waals surface area contributed by atoms with Crippen LogP contribution in [0.3, 0.4) is 0 Å². The second-order valence-corrected chi connectivity index (χ2v) is 10.9. The lowest BCUT2D eigenvalue weighted by molar-refractivity contribution is -0.148. The van der Waals surface area contributed by atoms with Gasteiger partial charge in [0.15, 0.2) is 5.34 Å². The summed E-state index contributed by atoms with van der Waals surface area (Å²) in [5, 5.41) is 10.3. The predicted octanol–water partition coefficient (Wildman–Crippen LogP) is 1.63. The van der Waals surface area contributed by atoms with E-state index in [0.29, 0.717) is 4.57 Å². The Bertz CT molecular complexity index is 1250. The molecule has 4 N–H and O–H groups in total. The van der Waals surface area contributed by atoms with Crippen LogP contribution in [0.5, 0.6) is 0 Å². The van der Waals surface area contributed by atoms with Crippen molar-refractivity contribution in [1.82, 2.24) is 9.55 Å². The van der Waals surface area contributed by atoms with Gasteiger partial charge in [-0.3, -0.25) is 14.2 Å². The molecule has 0 aliphatic heterocycles. The number of ether oxygens (including phenoxy) is 2. The van der Waals surface area contributed by atoms with Crippen molar-refractivity contribution in [1.29, 1.82) is 0 Å². The SMILES string of the molecule is CC(=O)Nc1ccn(C(=O)[C@H](OC(=O)c2ccccc2)[C@H](CO)OC(C(C)C)(C(C)C)P(=O)(O)O)c(=O)n1. The largest absolute Gasteiger partial charge is 0.446 e. The van der Waals surface area contributed by atoms with E-state index in [1.807, 2.05) is 0 Å². The zero-order chi connectivity index (χ0) is 28.8. The molecule has 208 valence electrons. The molecule has 0 saturated heterocycles. The van der Waals surface area contributed by atoms with Crippen LogP contribution in [0.15, 0.2) is 47.4 Å². The molecule has 1 heterocycles. The summed E-state index contributed by atoms with van der Waals surface area (Å²) < 4.78 is 24.4. The summed E-state index contributed by atoms with van der Waals surface area (Å²) in [5.74, 6) is -4.51. The molecule has 0 fully saturated rings. The molecule has 13 nitrogen and oxygen atoms in total. The van der Waals surface area contributed by atoms with Crippen LogP contribution in [0.2, 0.25) is 0 Å². The molecule has 0 spiro atoms. The van der Waals surface area contributed by atoms with Crippen LogP contribution in [-0.2, 0) is 18.8 Å². The second kappa shape index (κ2) is 12.5. The summed E-state index contributed by atoms with van der Waals surface area (Å²) in [5.41, 5.74) is -1.12. The molecule has 1 amide bonds. The average Bonchev–Trinajstić information content (AvgIpc) is 2.82. The van der Waals surface area contributed by atoms with Gasteiger partial charge in [0.2, 0.25) is 12.0 Å². The normalized spacial score (nSPS) is 13.7. The van der Waals surface area contributed by atoms with Crippen molar-refractivity contribution in [2.75, 3.05) is 11.9 Å². The summed E-state index contributed by atoms with van der Waals surface area (Å²) in [6, 6.07) is 8.67. The van der Waals surface area contributed by atoms with Crippen molar-refractivity contribution in [3.63, 3.8) is 0 Å². The second-order valence-electron chi connectivity index (χ2n) is 9.12. The predicted molar refractivity (Wildman–Crippen MR) is 135 cm³/mol. The summed E-state index contributed by atoms with van der Waals surface area (Å²) in [6.07, 6.45) is -2.85. The van der Waals surface area contributed by atoms with E-state index in [1.54, 1.807) is 18.2 Å². The van der Waals surface area contributed by atoms with Gasteiger partial charge in [-0.25, -0.2) is 14.2 Å². The third kappa shape index (κ3) is 6.80. The first kappa shape index (κ1) is 31.0. The molecule has 1 aromatic heterocycles. The number of benzene rings is 1. The fourth-order valence-corrected chi connectivity index (χ4v) is 5.74. The number of carbonyl (C=O) groups excluding carboxylic acids is 3. The quantitative estimate of drug-likeness (QED) is 0.233. The molecule has 1 aromatic carbocycles. The minimum Gasteiger partial charge on any atom is -0.446 e. The molecule has 2 rings (SSSR count). The molecule has 2 atom stereocenters. The smallest absolute Gasteiger partial charge is 0.357 e. The van der Waals surface area contributed by atoms with Gasteiger partial charge in [-0.15, -0.1) is 0 Å². The number of hydrogen-bond acceptors (Lipinski definition) is 9. The van der Waals surface area contributed by atoms with Crippen LogP contribution >= 0.6 is 7.60 Å². The highest BCUT2D eigenvalue weighted by atomic mass is 31.2. The molecule has 0 saturated carbocycles. The molecule has 0 aliphatic rings. The van der Waals surface area contributed by atoms with Crippen LogP contribution in [0.25, 0.3) is 0 Å². The van der Waals surface area contributed by atoms with E-state index in [0.717, 1.165) is 12.3 Å². The summed E-state index contributed by atoms with van der Waals surface area (Å²) in [7, 11) is -5.06. The average molecular weight is 554 g/mol. The van der Waals surface area contributed by atoms with Crippen molar-refractivity contribution >= 4 is 31.2 Å². The molecule has 0 unspecified atom stereocenters. The number of carbonyl (C=O) groups is 3. The van der Waals surface area contributed by atoms with Gasteiger partial charge < -0.3 is 29.7 Å². The lowest BCUT2D eigenvalue weighted by Gasteiger charge is -2.44. The van der Waals surface area contributed by atoms with Gasteiger partial charge in [0.05, 0.1) is 12.2 Å². The van der Waals surface area contributed by atoms with Crippen molar-refractivity contribution < 1.29 is 43.3 Å². The monoisotopic (exact) mass is 553 g/mol. The summed E-state index contributed by atoms with van der Waals surface area (Å²) in [4.78, 5) is 74.4. The Balaban J connectivity index is 2.62. The molecule has 0 radical (unpaired) electrons. The molecule has 2 aromatic rings. The number of nitrogens with one attached hydrogen (secondary N) is 1. The van der Waals surface area contributed by atoms with Gasteiger partial charge in [-0.1, -0.05) is 45.9 Å². The van der Waals surface area contributed by atoms with Crippen molar-refractivity contribution in [3.05, 3.63) is 58.6 Å². The lowest BCUT2D eigenvalue weighted by atomic mass is 9.94. The van der Waals surface area contributed by atoms with Crippen LogP contribution in [0, 0.1) is 11.8 Å². The number of rotatable bonds is 11. The number of nitrogens with zero attached hydrogens (tertiary/aromatic N) is 2. The number of aromatic nitrogens is 2. The van der Waals surface area contributed by atoms with Gasteiger partial charge in [0.1, 0.15) is 11.9 Å². The maximum absolute atomic E-state index is 13.5. The Kier molecular flexibility index (Phi) is 10.2. The number of aliphatic hydroxyl groups is 1. The van der Waals surface area contributed by atoms with E-state index in [-0.39, 0.29) is 11.4 Å². The van der Waals surface area contributed by atoms with Crippen molar-refractivity contribution in [2.45, 2.75) is 52.2 Å². The molecular formula is C24H32N3O10P. The molecular weight excluding hydrogens is 521 g/mol. The molecule has 38 heavy (non-hydrogen) atoms. The number of amides is 1. The number of hydrogen-bond donors (Lipinski definition) is 4. The van der Waals surface area contributed by atoms with Crippen LogP contribution < -0.4 is 11.0 Å². The van der Waals surface area contributed by atoms with E-state index < -0.39 is 67.1 Å². The highest BCUT2D eigenvalue weighted by Gasteiger charge is 2.56. The van der Waals surface area contributed by atoms with E-state index in [9.17, 15) is 38.6 Å². The fraction of sp³-hybridized carbons (Fsp3) is 0.458. The van der Waals surface area contributed by atoms with E-state index >= 15 is 0 Å². The third-order valence-corrected chi connectivity index (χ3v) is 7.85. The van der Waals surface area contributed by atoms with Crippen molar-refractivity contribution in [2.24, 2.45) is 11.8 Å². The maximum Gasteiger partial charge on any atom is 0.357 e. The molecule has 0 bridgehead atoms. The third-order valence-electron chi connectivity index (χ3n) is 5.80. The van der Waals surface area contributed by atoms with E-state index in [4.69, 9.17) is 9.47 Å². The number of anilines is 1. The zero-order valence-electron chi connectivity index (χ0n) is 21.6. The fourth-order valence-electron chi connectivity index (χ4n) is 4.12. The molecule has 0 aliphatic carbocycles. The topological polar surface area (TPSA) is 194 Å². The lowest BCUT2D eigenvalue weighted by Crippen LogP contribution is -2.54. The zero-order valence-corrected chi connectivity index (χ0v) is 22.5. The van der Waals surface area contributed by atoms with Gasteiger partial charge >= 0.3 is 19.3 Å². The van der Waals surface area contributed by atoms with Gasteiger partial charge in [0.25, 0.3) is 5.91 Å². The van der Waals surface area contributed by atoms with Crippen molar-refractivity contribution in [3.8, 4) is 0 Å². The van der Waals surface area contributed by atoms with Crippen LogP contribution in [-0.4, -0.2) is 66.4 Å². The Morgan fingerprint density at radius 2 is 1.66 bits per heavy atom. The Hall–Kier alpha value is -3.22. The first-order chi connectivity index (χ1) is 17.6. The minimum absolute atomic E-state index is 0.0300. The highest BCUT2D eigenvalue weighted by Crippen LogP contribution is 2.59. The standard InChI is InChI=1S/C24H32N3O10P/c1-14(2)24(15(3)4,38(33,34)35)37-18(13-28)20(36-22(31)17-9-7-6-8-10-17)21(30)27-12-11-19(25-16(5)29)26-23(27)32/h6-12,14-15,18,20,28H,13H2,1-5H3,(H2,33,34,35)(H,25,26,29,32)/t18-,20+/m0/s1. The van der Waals surface area contributed by atoms with Gasteiger partial charge in [-0.2, -0.15) is 4.98 Å². The summed E-state index contributed by atoms with van der Waals surface area (Å²) in [6.45, 7) is 6.17. The number of esters is 1. The van der Waals surface area contributed by atoms with E-state index in [1.165, 1.54) is 46.8 Å². The first-order valence-electron chi connectivity index (χ1n) is 11.7. The highest BCUT2D eigenvalue weighted by molar-refractivity contribution is 7.53. The number of aliphatic hydroxyl groups excluding tert-OH is 1. The summed E-state index contributed by atoms with van der Waals surface area (Å²) >= 11 is 0.